The van der Waals surface area contributed by atoms with Gasteiger partial charge in [-0.1, -0.05) is 204 Å². The van der Waals surface area contributed by atoms with Gasteiger partial charge in [-0.25, -0.2) is 0 Å². The molecule has 1 atom stereocenters. The smallest absolute Gasteiger partial charge is 0.0696 e. The second-order valence-corrected chi connectivity index (χ2v) is 18.9. The minimum absolute atomic E-state index is 0.0690. The lowest BCUT2D eigenvalue weighted by Crippen LogP contribution is -2.38. The number of fused-ring (bicyclic) bond motifs is 6. The highest BCUT2D eigenvalue weighted by molar-refractivity contribution is 6.29. The summed E-state index contributed by atoms with van der Waals surface area (Å²) in [4.78, 5) is 4.97. The quantitative estimate of drug-likeness (QED) is 0.169. The molecule has 2 heterocycles. The number of nitrogens with zero attached hydrogens (tertiary/aromatic N) is 2. The van der Waals surface area contributed by atoms with Crippen molar-refractivity contribution in [3.8, 4) is 0 Å². The normalized spacial score (nSPS) is 18.0. The third-order valence-corrected chi connectivity index (χ3v) is 14.4. The molecule has 3 nitrogen and oxygen atoms in total. The standard InChI is InChI=1S/C63H53N3/c1-6-42-20-9-10-24-49(42)61(64)51-39-36-46(65-57-30-15-11-26-53(57)62(2,3)54-27-12-16-31-58(54)65)23-19-25-48(45-35-34-43-21-7-8-22-44(43)40-45)52-41-47(37-38-50(51)52)66-59-32-17-13-28-55(59)63(4,5)56-29-14-18-33-60(56)66/h6-22,24-41,46,64H,1,23H2,2-5H3/b25-19+,39-36?,51-50?,52-48+,64-61?. The fourth-order valence-corrected chi connectivity index (χ4v) is 11.0. The predicted molar refractivity (Wildman–Crippen MR) is 280 cm³/mol. The van der Waals surface area contributed by atoms with Crippen LogP contribution in [0.2, 0.25) is 0 Å². The first kappa shape index (κ1) is 41.0. The Morgan fingerprint density at radius 1 is 0.561 bits per heavy atom. The molecule has 0 amide bonds. The van der Waals surface area contributed by atoms with E-state index >= 15 is 0 Å². The molecule has 1 N–H and O–H groups in total. The highest BCUT2D eigenvalue weighted by atomic mass is 15.2. The maximum Gasteiger partial charge on any atom is 0.0696 e. The lowest BCUT2D eigenvalue weighted by molar-refractivity contribution is 0.614. The van der Waals surface area contributed by atoms with Gasteiger partial charge in [0.25, 0.3) is 0 Å². The molecule has 0 saturated heterocycles. The summed E-state index contributed by atoms with van der Waals surface area (Å²) in [6.45, 7) is 13.5. The zero-order chi connectivity index (χ0) is 45.2. The maximum atomic E-state index is 10.3. The van der Waals surface area contributed by atoms with Gasteiger partial charge in [-0.15, -0.1) is 0 Å². The van der Waals surface area contributed by atoms with Gasteiger partial charge in [0, 0.05) is 39.0 Å². The molecule has 3 aliphatic rings. The Balaban J connectivity index is 1.22. The van der Waals surface area contributed by atoms with Gasteiger partial charge in [-0.05, 0) is 109 Å². The molecule has 0 saturated carbocycles. The Labute approximate surface area is 388 Å². The molecule has 8 aromatic rings. The van der Waals surface area contributed by atoms with Crippen LogP contribution in [-0.2, 0) is 10.8 Å². The first-order valence-corrected chi connectivity index (χ1v) is 23.2. The topological polar surface area (TPSA) is 30.3 Å². The number of nitrogens with one attached hydrogen (secondary N) is 1. The number of rotatable bonds is 6. The van der Waals surface area contributed by atoms with E-state index < -0.39 is 0 Å². The highest BCUT2D eigenvalue weighted by Crippen LogP contribution is 2.52. The number of hydrogen-bond acceptors (Lipinski definition) is 3. The molecule has 0 spiro atoms. The molecule has 1 unspecified atom stereocenters. The summed E-state index contributed by atoms with van der Waals surface area (Å²) in [6, 6.07) is 65.9. The van der Waals surface area contributed by atoms with Gasteiger partial charge in [-0.2, -0.15) is 0 Å². The van der Waals surface area contributed by atoms with Crippen LogP contribution in [0.4, 0.5) is 28.4 Å². The largest absolute Gasteiger partial charge is 0.334 e. The Hall–Kier alpha value is -7.75. The van der Waals surface area contributed by atoms with Gasteiger partial charge in [0.1, 0.15) is 0 Å². The molecule has 320 valence electrons. The van der Waals surface area contributed by atoms with Crippen molar-refractivity contribution in [1.29, 1.82) is 5.41 Å². The fraction of sp³-hybridized carbons (Fsp3) is 0.127. The first-order chi connectivity index (χ1) is 32.1. The monoisotopic (exact) mass is 851 g/mol. The average Bonchev–Trinajstić information content (AvgIpc) is 3.35. The van der Waals surface area contributed by atoms with Crippen molar-refractivity contribution < 1.29 is 0 Å². The third-order valence-electron chi connectivity index (χ3n) is 14.4. The summed E-state index contributed by atoms with van der Waals surface area (Å²) in [5, 5.41) is 14.7. The van der Waals surface area contributed by atoms with Crippen LogP contribution < -0.4 is 20.2 Å². The van der Waals surface area contributed by atoms with Crippen molar-refractivity contribution in [2.75, 3.05) is 9.80 Å². The minimum Gasteiger partial charge on any atom is -0.334 e. The van der Waals surface area contributed by atoms with Crippen LogP contribution >= 0.6 is 0 Å². The Morgan fingerprint density at radius 2 is 1.11 bits per heavy atom. The second-order valence-electron chi connectivity index (χ2n) is 18.9. The van der Waals surface area contributed by atoms with E-state index in [1.54, 1.807) is 0 Å². The van der Waals surface area contributed by atoms with Gasteiger partial charge >= 0.3 is 0 Å². The summed E-state index contributed by atoms with van der Waals surface area (Å²) in [5.74, 6) is 0. The Morgan fingerprint density at radius 3 is 1.74 bits per heavy atom. The molecule has 3 heteroatoms. The van der Waals surface area contributed by atoms with E-state index in [4.69, 9.17) is 0 Å². The van der Waals surface area contributed by atoms with E-state index in [2.05, 4.69) is 238 Å². The van der Waals surface area contributed by atoms with Gasteiger partial charge < -0.3 is 9.80 Å². The van der Waals surface area contributed by atoms with E-state index in [-0.39, 0.29) is 16.9 Å². The molecule has 66 heavy (non-hydrogen) atoms. The molecule has 0 fully saturated rings. The summed E-state index contributed by atoms with van der Waals surface area (Å²) in [7, 11) is 0. The number of para-hydroxylation sites is 4. The molecule has 11 rings (SSSR count). The molecular formula is C63H53N3. The molecule has 0 aromatic heterocycles. The van der Waals surface area contributed by atoms with E-state index in [1.807, 2.05) is 18.2 Å². The number of hydrogen-bond donors (Lipinski definition) is 1. The van der Waals surface area contributed by atoms with Crippen LogP contribution in [0.25, 0.3) is 28.0 Å². The molecule has 1 aliphatic carbocycles. The van der Waals surface area contributed by atoms with Crippen LogP contribution in [0.5, 0.6) is 0 Å². The highest BCUT2D eigenvalue weighted by Gasteiger charge is 2.39. The van der Waals surface area contributed by atoms with E-state index in [0.717, 1.165) is 50.4 Å². The lowest BCUT2D eigenvalue weighted by Gasteiger charge is -2.44. The molecule has 0 radical (unpaired) electrons. The van der Waals surface area contributed by atoms with Crippen molar-refractivity contribution in [2.45, 2.75) is 51.0 Å². The fourth-order valence-electron chi connectivity index (χ4n) is 11.0. The molecular weight excluding hydrogens is 799 g/mol. The predicted octanol–water partition coefficient (Wildman–Crippen LogP) is 14.4. The van der Waals surface area contributed by atoms with E-state index in [0.29, 0.717) is 5.71 Å². The summed E-state index contributed by atoms with van der Waals surface area (Å²) < 4.78 is 0. The van der Waals surface area contributed by atoms with E-state index in [1.165, 1.54) is 55.8 Å². The van der Waals surface area contributed by atoms with E-state index in [9.17, 15) is 5.41 Å². The average molecular weight is 852 g/mol. The van der Waals surface area contributed by atoms with Crippen molar-refractivity contribution in [2.24, 2.45) is 0 Å². The first-order valence-electron chi connectivity index (χ1n) is 23.2. The summed E-state index contributed by atoms with van der Waals surface area (Å²) >= 11 is 0. The van der Waals surface area contributed by atoms with Gasteiger partial charge in [-0.3, -0.25) is 5.41 Å². The Bertz CT molecular complexity index is 3370. The zero-order valence-electron chi connectivity index (χ0n) is 38.1. The molecule has 0 bridgehead atoms. The van der Waals surface area contributed by atoms with Crippen LogP contribution in [0.15, 0.2) is 213 Å². The van der Waals surface area contributed by atoms with Crippen LogP contribution in [-0.4, -0.2) is 11.8 Å². The minimum atomic E-state index is -0.185. The maximum absolute atomic E-state index is 10.3. The molecule has 2 aliphatic heterocycles. The third kappa shape index (κ3) is 6.60. The summed E-state index contributed by atoms with van der Waals surface area (Å²) in [6.07, 6.45) is 11.9. The van der Waals surface area contributed by atoms with Crippen LogP contribution in [0.3, 0.4) is 0 Å². The van der Waals surface area contributed by atoms with Crippen LogP contribution in [0, 0.1) is 5.41 Å². The summed E-state index contributed by atoms with van der Waals surface area (Å²) in [5.41, 5.74) is 16.0. The van der Waals surface area contributed by atoms with Gasteiger partial charge in [0.2, 0.25) is 0 Å². The van der Waals surface area contributed by atoms with Crippen molar-refractivity contribution in [3.05, 3.63) is 262 Å². The van der Waals surface area contributed by atoms with Gasteiger partial charge in [0.05, 0.1) is 23.1 Å². The van der Waals surface area contributed by atoms with Crippen molar-refractivity contribution in [3.63, 3.8) is 0 Å². The lowest BCUT2D eigenvalue weighted by atomic mass is 9.73. The SMILES string of the molecule is C=Cc1ccccc1C(=N)C1=c2ccc(N3c4ccccc4C(C)(C)c4ccccc43)c/c2=C(c2ccc3ccccc3c2)/C=C/CC(N2c3ccccc3C(C)(C)c3ccccc32)C=C1. The molecule has 8 aromatic carbocycles. The van der Waals surface area contributed by atoms with Crippen molar-refractivity contribution >= 4 is 62.1 Å². The number of benzene rings is 8. The Kier molecular flexibility index (Phi) is 9.96. The number of allylic oxidation sites excluding steroid dienone is 2. The number of anilines is 5. The zero-order valence-corrected chi connectivity index (χ0v) is 38.1. The second kappa shape index (κ2) is 16.0. The van der Waals surface area contributed by atoms with Crippen LogP contribution in [0.1, 0.15) is 73.1 Å². The van der Waals surface area contributed by atoms with Gasteiger partial charge in [0.15, 0.2) is 0 Å². The van der Waals surface area contributed by atoms with Crippen molar-refractivity contribution in [1.82, 2.24) is 0 Å².